The highest BCUT2D eigenvalue weighted by Gasteiger charge is 2.16. The SMILES string of the molecule is Cc1cccc(Cn2cnc(NC(=O)/C=C/c3ccc(C(C)(C)O)nc3)c2)c1. The first-order valence-electron chi connectivity index (χ1n) is 9.05. The van der Waals surface area contributed by atoms with Crippen LogP contribution in [0.15, 0.2) is 61.2 Å². The van der Waals surface area contributed by atoms with Crippen molar-refractivity contribution in [3.63, 3.8) is 0 Å². The fourth-order valence-electron chi connectivity index (χ4n) is 2.74. The van der Waals surface area contributed by atoms with E-state index in [2.05, 4.69) is 40.4 Å². The first kappa shape index (κ1) is 19.5. The summed E-state index contributed by atoms with van der Waals surface area (Å²) in [5.41, 5.74) is 2.75. The predicted octanol–water partition coefficient (Wildman–Crippen LogP) is 3.51. The molecule has 0 saturated carbocycles. The van der Waals surface area contributed by atoms with Crippen molar-refractivity contribution in [2.45, 2.75) is 32.9 Å². The van der Waals surface area contributed by atoms with Crippen LogP contribution in [0.25, 0.3) is 6.08 Å². The van der Waals surface area contributed by atoms with Gasteiger partial charge >= 0.3 is 0 Å². The lowest BCUT2D eigenvalue weighted by molar-refractivity contribution is -0.111. The monoisotopic (exact) mass is 376 g/mol. The summed E-state index contributed by atoms with van der Waals surface area (Å²) in [5, 5.41) is 12.7. The smallest absolute Gasteiger partial charge is 0.249 e. The van der Waals surface area contributed by atoms with Crippen molar-refractivity contribution in [2.75, 3.05) is 5.32 Å². The van der Waals surface area contributed by atoms with Crippen LogP contribution in [-0.4, -0.2) is 25.5 Å². The van der Waals surface area contributed by atoms with Gasteiger partial charge in [-0.05, 0) is 44.0 Å². The second-order valence-electron chi connectivity index (χ2n) is 7.28. The summed E-state index contributed by atoms with van der Waals surface area (Å²) in [7, 11) is 0. The zero-order valence-electron chi connectivity index (χ0n) is 16.3. The summed E-state index contributed by atoms with van der Waals surface area (Å²) in [4.78, 5) is 20.6. The number of carbonyl (C=O) groups excluding carboxylic acids is 1. The number of carbonyl (C=O) groups is 1. The number of hydrogen-bond acceptors (Lipinski definition) is 4. The fourth-order valence-corrected chi connectivity index (χ4v) is 2.74. The highest BCUT2D eigenvalue weighted by Crippen LogP contribution is 2.17. The number of imidazole rings is 1. The van der Waals surface area contributed by atoms with E-state index in [1.807, 2.05) is 10.6 Å². The van der Waals surface area contributed by atoms with Crippen LogP contribution in [0, 0.1) is 6.92 Å². The summed E-state index contributed by atoms with van der Waals surface area (Å²) >= 11 is 0. The zero-order chi connectivity index (χ0) is 20.1. The Morgan fingerprint density at radius 1 is 1.25 bits per heavy atom. The molecule has 3 aromatic rings. The minimum atomic E-state index is -0.989. The second-order valence-corrected chi connectivity index (χ2v) is 7.28. The molecular formula is C22H24N4O2. The number of aliphatic hydroxyl groups is 1. The van der Waals surface area contributed by atoms with Crippen molar-refractivity contribution in [1.29, 1.82) is 0 Å². The molecule has 0 fully saturated rings. The molecular weight excluding hydrogens is 352 g/mol. The van der Waals surface area contributed by atoms with Gasteiger partial charge < -0.3 is 15.0 Å². The standard InChI is InChI=1S/C22H24N4O2/c1-16-5-4-6-18(11-16)13-26-14-20(24-15-26)25-21(27)10-8-17-7-9-19(23-12-17)22(2,3)28/h4-12,14-15,28H,13H2,1-3H3,(H,25,27)/b10-8+. The van der Waals surface area contributed by atoms with Gasteiger partial charge in [-0.2, -0.15) is 0 Å². The number of anilines is 1. The summed E-state index contributed by atoms with van der Waals surface area (Å²) in [6.07, 6.45) is 8.21. The number of aromatic nitrogens is 3. The van der Waals surface area contributed by atoms with Gasteiger partial charge in [-0.1, -0.05) is 35.9 Å². The van der Waals surface area contributed by atoms with Crippen molar-refractivity contribution >= 4 is 17.8 Å². The van der Waals surface area contributed by atoms with E-state index in [0.717, 1.165) is 5.56 Å². The number of hydrogen-bond donors (Lipinski definition) is 2. The maximum Gasteiger partial charge on any atom is 0.249 e. The molecule has 1 aromatic carbocycles. The third-order valence-electron chi connectivity index (χ3n) is 4.17. The van der Waals surface area contributed by atoms with Gasteiger partial charge in [-0.25, -0.2) is 4.98 Å². The Labute approximate surface area is 164 Å². The fraction of sp³-hybridized carbons (Fsp3) is 0.227. The van der Waals surface area contributed by atoms with Gasteiger partial charge in [0.05, 0.1) is 12.0 Å². The van der Waals surface area contributed by atoms with Gasteiger partial charge in [-0.15, -0.1) is 0 Å². The Bertz CT molecular complexity index is 982. The minimum absolute atomic E-state index is 0.271. The quantitative estimate of drug-likeness (QED) is 0.645. The van der Waals surface area contributed by atoms with Crippen molar-refractivity contribution in [3.05, 3.63) is 83.6 Å². The summed E-state index contributed by atoms with van der Waals surface area (Å²) < 4.78 is 1.92. The molecule has 2 heterocycles. The molecule has 1 amide bonds. The third-order valence-corrected chi connectivity index (χ3v) is 4.17. The van der Waals surface area contributed by atoms with E-state index in [-0.39, 0.29) is 5.91 Å². The van der Waals surface area contributed by atoms with Gasteiger partial charge in [-0.3, -0.25) is 9.78 Å². The van der Waals surface area contributed by atoms with E-state index >= 15 is 0 Å². The van der Waals surface area contributed by atoms with Crippen LogP contribution in [-0.2, 0) is 16.9 Å². The summed E-state index contributed by atoms with van der Waals surface area (Å²) in [6.45, 7) is 6.11. The summed E-state index contributed by atoms with van der Waals surface area (Å²) in [6, 6.07) is 11.8. The Morgan fingerprint density at radius 2 is 2.07 bits per heavy atom. The lowest BCUT2D eigenvalue weighted by Gasteiger charge is -2.15. The zero-order valence-corrected chi connectivity index (χ0v) is 16.3. The van der Waals surface area contributed by atoms with Crippen molar-refractivity contribution in [1.82, 2.24) is 14.5 Å². The Hall–Kier alpha value is -3.25. The number of nitrogens with one attached hydrogen (secondary N) is 1. The molecule has 2 aromatic heterocycles. The lowest BCUT2D eigenvalue weighted by atomic mass is 10.0. The molecule has 28 heavy (non-hydrogen) atoms. The van der Waals surface area contributed by atoms with Crippen LogP contribution < -0.4 is 5.32 Å². The van der Waals surface area contributed by atoms with E-state index in [1.54, 1.807) is 50.8 Å². The topological polar surface area (TPSA) is 80.0 Å². The molecule has 144 valence electrons. The predicted molar refractivity (Wildman–Crippen MR) is 110 cm³/mol. The maximum atomic E-state index is 12.1. The van der Waals surface area contributed by atoms with Crippen molar-refractivity contribution < 1.29 is 9.90 Å². The number of nitrogens with zero attached hydrogens (tertiary/aromatic N) is 3. The van der Waals surface area contributed by atoms with E-state index in [0.29, 0.717) is 18.1 Å². The van der Waals surface area contributed by atoms with E-state index in [1.165, 1.54) is 17.2 Å². The van der Waals surface area contributed by atoms with Crippen LogP contribution in [0.5, 0.6) is 0 Å². The molecule has 3 rings (SSSR count). The second kappa shape index (κ2) is 8.19. The minimum Gasteiger partial charge on any atom is -0.384 e. The summed E-state index contributed by atoms with van der Waals surface area (Å²) in [5.74, 6) is 0.227. The normalized spacial score (nSPS) is 11.7. The first-order chi connectivity index (χ1) is 13.3. The van der Waals surface area contributed by atoms with Crippen LogP contribution in [0.3, 0.4) is 0 Å². The van der Waals surface area contributed by atoms with Crippen LogP contribution in [0.4, 0.5) is 5.82 Å². The number of aryl methyl sites for hydroxylation is 1. The molecule has 0 radical (unpaired) electrons. The molecule has 6 heteroatoms. The first-order valence-corrected chi connectivity index (χ1v) is 9.05. The van der Waals surface area contributed by atoms with Crippen LogP contribution in [0.1, 0.15) is 36.2 Å². The number of amides is 1. The molecule has 0 saturated heterocycles. The maximum absolute atomic E-state index is 12.1. The molecule has 0 aliphatic rings. The Morgan fingerprint density at radius 3 is 2.75 bits per heavy atom. The van der Waals surface area contributed by atoms with E-state index in [4.69, 9.17) is 0 Å². The molecule has 2 N–H and O–H groups in total. The molecule has 0 aliphatic heterocycles. The largest absolute Gasteiger partial charge is 0.384 e. The number of rotatable bonds is 6. The Kier molecular flexibility index (Phi) is 5.70. The van der Waals surface area contributed by atoms with Gasteiger partial charge in [0.25, 0.3) is 0 Å². The molecule has 0 aliphatic carbocycles. The van der Waals surface area contributed by atoms with Crippen molar-refractivity contribution in [2.24, 2.45) is 0 Å². The van der Waals surface area contributed by atoms with Crippen molar-refractivity contribution in [3.8, 4) is 0 Å². The number of pyridine rings is 1. The Balaban J connectivity index is 1.58. The number of benzene rings is 1. The van der Waals surface area contributed by atoms with Crippen LogP contribution in [0.2, 0.25) is 0 Å². The average Bonchev–Trinajstić information content (AvgIpc) is 3.06. The molecule has 6 nitrogen and oxygen atoms in total. The van der Waals surface area contributed by atoms with Gasteiger partial charge in [0.1, 0.15) is 5.60 Å². The lowest BCUT2D eigenvalue weighted by Crippen LogP contribution is -2.17. The highest BCUT2D eigenvalue weighted by molar-refractivity contribution is 6.01. The van der Waals surface area contributed by atoms with E-state index in [9.17, 15) is 9.90 Å². The average molecular weight is 376 g/mol. The molecule has 0 bridgehead atoms. The van der Waals surface area contributed by atoms with Gasteiger partial charge in [0.2, 0.25) is 5.91 Å². The van der Waals surface area contributed by atoms with Crippen LogP contribution >= 0.6 is 0 Å². The molecule has 0 spiro atoms. The molecule has 0 unspecified atom stereocenters. The third kappa shape index (κ3) is 5.37. The van der Waals surface area contributed by atoms with Gasteiger partial charge in [0.15, 0.2) is 5.82 Å². The van der Waals surface area contributed by atoms with Gasteiger partial charge in [0, 0.05) is 25.0 Å². The highest BCUT2D eigenvalue weighted by atomic mass is 16.3. The molecule has 0 atom stereocenters. The van der Waals surface area contributed by atoms with E-state index < -0.39 is 5.60 Å².